The molecule has 0 saturated heterocycles. The van der Waals surface area contributed by atoms with Gasteiger partial charge in [-0.2, -0.15) is 0 Å². The molecular formula is C12H9ClN2O3. The number of nitro groups is 1. The average Bonchev–Trinajstić information content (AvgIpc) is 2.34. The van der Waals surface area contributed by atoms with E-state index in [9.17, 15) is 14.9 Å². The topological polar surface area (TPSA) is 65.1 Å². The molecule has 5 nitrogen and oxygen atoms in total. The van der Waals surface area contributed by atoms with Crippen molar-refractivity contribution in [1.82, 2.24) is 4.57 Å². The van der Waals surface area contributed by atoms with E-state index in [-0.39, 0.29) is 17.8 Å². The Bertz CT molecular complexity index is 652. The summed E-state index contributed by atoms with van der Waals surface area (Å²) in [6.45, 7) is 0.209. The zero-order valence-electron chi connectivity index (χ0n) is 9.25. The molecule has 2 rings (SSSR count). The van der Waals surface area contributed by atoms with Gasteiger partial charge in [0.15, 0.2) is 0 Å². The van der Waals surface area contributed by atoms with Crippen molar-refractivity contribution in [2.75, 3.05) is 0 Å². The molecule has 1 aromatic carbocycles. The Morgan fingerprint density at radius 3 is 2.72 bits per heavy atom. The molecular weight excluding hydrogens is 256 g/mol. The van der Waals surface area contributed by atoms with Crippen molar-refractivity contribution in [3.05, 3.63) is 73.6 Å². The van der Waals surface area contributed by atoms with Crippen LogP contribution in [0, 0.1) is 10.1 Å². The number of hydrogen-bond acceptors (Lipinski definition) is 3. The van der Waals surface area contributed by atoms with Crippen LogP contribution in [0.2, 0.25) is 5.02 Å². The van der Waals surface area contributed by atoms with Gasteiger partial charge in [-0.05, 0) is 17.7 Å². The third-order valence-electron chi connectivity index (χ3n) is 2.48. The van der Waals surface area contributed by atoms with Crippen LogP contribution in [-0.2, 0) is 6.54 Å². The molecule has 2 aromatic rings. The van der Waals surface area contributed by atoms with Gasteiger partial charge in [0, 0.05) is 29.4 Å². The number of halogens is 1. The zero-order valence-corrected chi connectivity index (χ0v) is 10.0. The van der Waals surface area contributed by atoms with Crippen LogP contribution in [0.4, 0.5) is 5.69 Å². The molecule has 1 aromatic heterocycles. The van der Waals surface area contributed by atoms with Crippen molar-refractivity contribution in [1.29, 1.82) is 0 Å². The van der Waals surface area contributed by atoms with Gasteiger partial charge in [0.05, 0.1) is 11.5 Å². The fourth-order valence-corrected chi connectivity index (χ4v) is 1.75. The molecule has 0 bridgehead atoms. The fraction of sp³-hybridized carbons (Fsp3) is 0.0833. The predicted molar refractivity (Wildman–Crippen MR) is 67.9 cm³/mol. The van der Waals surface area contributed by atoms with E-state index >= 15 is 0 Å². The fourth-order valence-electron chi connectivity index (χ4n) is 1.57. The highest BCUT2D eigenvalue weighted by Crippen LogP contribution is 2.22. The number of nitro benzene ring substituents is 1. The van der Waals surface area contributed by atoms with E-state index in [0.29, 0.717) is 10.6 Å². The third kappa shape index (κ3) is 2.57. The lowest BCUT2D eigenvalue weighted by Gasteiger charge is -2.06. The first-order valence-electron chi connectivity index (χ1n) is 5.16. The number of nitrogens with zero attached hydrogens (tertiary/aromatic N) is 2. The SMILES string of the molecule is O=c1ccccn1Cc1cc([N+](=O)[O-])ccc1Cl. The van der Waals surface area contributed by atoms with E-state index in [0.717, 1.165) is 0 Å². The van der Waals surface area contributed by atoms with Gasteiger partial charge in [-0.15, -0.1) is 0 Å². The van der Waals surface area contributed by atoms with Gasteiger partial charge in [-0.25, -0.2) is 0 Å². The molecule has 0 amide bonds. The molecule has 0 aliphatic rings. The van der Waals surface area contributed by atoms with Gasteiger partial charge < -0.3 is 4.57 Å². The van der Waals surface area contributed by atoms with Crippen molar-refractivity contribution in [3.63, 3.8) is 0 Å². The minimum absolute atomic E-state index is 0.0432. The minimum atomic E-state index is -0.492. The van der Waals surface area contributed by atoms with Crippen LogP contribution >= 0.6 is 11.6 Å². The number of rotatable bonds is 3. The molecule has 0 atom stereocenters. The molecule has 0 aliphatic heterocycles. The van der Waals surface area contributed by atoms with Crippen LogP contribution in [0.1, 0.15) is 5.56 Å². The molecule has 0 fully saturated rings. The maximum atomic E-state index is 11.5. The summed E-state index contributed by atoms with van der Waals surface area (Å²) in [5.74, 6) is 0. The number of pyridine rings is 1. The van der Waals surface area contributed by atoms with E-state index in [2.05, 4.69) is 0 Å². The summed E-state index contributed by atoms with van der Waals surface area (Å²) in [6, 6.07) is 8.94. The molecule has 0 unspecified atom stereocenters. The summed E-state index contributed by atoms with van der Waals surface area (Å²) in [6.07, 6.45) is 1.61. The second-order valence-electron chi connectivity index (χ2n) is 3.70. The maximum absolute atomic E-state index is 11.5. The standard InChI is InChI=1S/C12H9ClN2O3/c13-11-5-4-10(15(17)18)7-9(11)8-14-6-2-1-3-12(14)16/h1-7H,8H2. The average molecular weight is 265 g/mol. The Morgan fingerprint density at radius 1 is 1.28 bits per heavy atom. The second kappa shape index (κ2) is 5.01. The van der Waals surface area contributed by atoms with Crippen LogP contribution in [0.3, 0.4) is 0 Å². The highest BCUT2D eigenvalue weighted by atomic mass is 35.5. The van der Waals surface area contributed by atoms with Gasteiger partial charge in [0.25, 0.3) is 11.2 Å². The molecule has 0 N–H and O–H groups in total. The smallest absolute Gasteiger partial charge is 0.269 e. The first-order valence-corrected chi connectivity index (χ1v) is 5.54. The van der Waals surface area contributed by atoms with E-state index in [4.69, 9.17) is 11.6 Å². The molecule has 0 spiro atoms. The normalized spacial score (nSPS) is 10.3. The summed E-state index contributed by atoms with van der Waals surface area (Å²) in [4.78, 5) is 21.7. The van der Waals surface area contributed by atoms with Gasteiger partial charge in [0.1, 0.15) is 0 Å². The highest BCUT2D eigenvalue weighted by Gasteiger charge is 2.10. The second-order valence-corrected chi connectivity index (χ2v) is 4.11. The maximum Gasteiger partial charge on any atom is 0.269 e. The molecule has 18 heavy (non-hydrogen) atoms. The molecule has 92 valence electrons. The van der Waals surface area contributed by atoms with Crippen molar-refractivity contribution in [2.24, 2.45) is 0 Å². The van der Waals surface area contributed by atoms with Gasteiger partial charge in [-0.3, -0.25) is 14.9 Å². The van der Waals surface area contributed by atoms with Gasteiger partial charge in [0.2, 0.25) is 0 Å². The van der Waals surface area contributed by atoms with E-state index in [1.165, 1.54) is 28.8 Å². The first-order chi connectivity index (χ1) is 8.58. The summed E-state index contributed by atoms with van der Waals surface area (Å²) < 4.78 is 1.44. The summed E-state index contributed by atoms with van der Waals surface area (Å²) in [7, 11) is 0. The van der Waals surface area contributed by atoms with Crippen LogP contribution in [0.15, 0.2) is 47.4 Å². The van der Waals surface area contributed by atoms with Crippen molar-refractivity contribution in [2.45, 2.75) is 6.54 Å². The zero-order chi connectivity index (χ0) is 13.1. The highest BCUT2D eigenvalue weighted by molar-refractivity contribution is 6.31. The van der Waals surface area contributed by atoms with Gasteiger partial charge >= 0.3 is 0 Å². The Balaban J connectivity index is 2.40. The number of non-ortho nitro benzene ring substituents is 1. The quantitative estimate of drug-likeness (QED) is 0.632. The van der Waals surface area contributed by atoms with Crippen LogP contribution < -0.4 is 5.56 Å². The van der Waals surface area contributed by atoms with Crippen molar-refractivity contribution < 1.29 is 4.92 Å². The molecule has 0 aliphatic carbocycles. The summed E-state index contributed by atoms with van der Waals surface area (Å²) in [5, 5.41) is 11.1. The molecule has 0 saturated carbocycles. The van der Waals surface area contributed by atoms with E-state index in [1.54, 1.807) is 18.3 Å². The first kappa shape index (κ1) is 12.3. The Morgan fingerprint density at radius 2 is 2.06 bits per heavy atom. The van der Waals surface area contributed by atoms with Crippen LogP contribution in [0.5, 0.6) is 0 Å². The van der Waals surface area contributed by atoms with Crippen LogP contribution in [0.25, 0.3) is 0 Å². The van der Waals surface area contributed by atoms with Crippen LogP contribution in [-0.4, -0.2) is 9.49 Å². The van der Waals surface area contributed by atoms with E-state index < -0.39 is 4.92 Å². The number of hydrogen-bond donors (Lipinski definition) is 0. The van der Waals surface area contributed by atoms with Gasteiger partial charge in [-0.1, -0.05) is 17.7 Å². The van der Waals surface area contributed by atoms with E-state index in [1.807, 2.05) is 0 Å². The summed E-state index contributed by atoms with van der Waals surface area (Å²) >= 11 is 5.97. The summed E-state index contributed by atoms with van der Waals surface area (Å²) in [5.41, 5.74) is 0.317. The predicted octanol–water partition coefficient (Wildman–Crippen LogP) is 2.46. The largest absolute Gasteiger partial charge is 0.311 e. The minimum Gasteiger partial charge on any atom is -0.311 e. The Kier molecular flexibility index (Phi) is 3.43. The lowest BCUT2D eigenvalue weighted by molar-refractivity contribution is -0.384. The molecule has 6 heteroatoms. The lowest BCUT2D eigenvalue weighted by atomic mass is 10.2. The van der Waals surface area contributed by atoms with Crippen molar-refractivity contribution in [3.8, 4) is 0 Å². The Hall–Kier alpha value is -2.14. The number of aromatic nitrogens is 1. The molecule has 1 heterocycles. The third-order valence-corrected chi connectivity index (χ3v) is 2.85. The number of benzene rings is 1. The monoisotopic (exact) mass is 264 g/mol. The van der Waals surface area contributed by atoms with Crippen molar-refractivity contribution >= 4 is 17.3 Å². The molecule has 0 radical (unpaired) electrons. The Labute approximate surface area is 107 Å². The lowest BCUT2D eigenvalue weighted by Crippen LogP contribution is -2.18.